The van der Waals surface area contributed by atoms with Gasteiger partial charge in [0, 0.05) is 17.1 Å². The van der Waals surface area contributed by atoms with Gasteiger partial charge in [-0.2, -0.15) is 0 Å². The van der Waals surface area contributed by atoms with Crippen molar-refractivity contribution >= 4 is 34.3 Å². The summed E-state index contributed by atoms with van der Waals surface area (Å²) in [4.78, 5) is 25.8. The Hall–Kier alpha value is -2.40. The van der Waals surface area contributed by atoms with Gasteiger partial charge >= 0.3 is 0 Å². The molecule has 2 aromatic carbocycles. The summed E-state index contributed by atoms with van der Waals surface area (Å²) in [5.41, 5.74) is 2.28. The lowest BCUT2D eigenvalue weighted by molar-refractivity contribution is -0.124. The standard InChI is InChI=1S/C20H19BrN2O2/c21-17-8-6-16(7-9-17)13-22-20(25)19(23(14-24)18-10-11-18)12-15-4-2-1-3-5-15/h1-9,12,14,18H,10-11,13H2,(H,22,25)/b19-12-. The van der Waals surface area contributed by atoms with E-state index >= 15 is 0 Å². The third kappa shape index (κ3) is 4.79. The average molecular weight is 399 g/mol. The zero-order valence-corrected chi connectivity index (χ0v) is 15.3. The van der Waals surface area contributed by atoms with Gasteiger partial charge in [0.2, 0.25) is 6.41 Å². The Morgan fingerprint density at radius 1 is 1.12 bits per heavy atom. The van der Waals surface area contributed by atoms with E-state index in [9.17, 15) is 9.59 Å². The number of nitrogens with one attached hydrogen (secondary N) is 1. The fraction of sp³-hybridized carbons (Fsp3) is 0.200. The number of hydrogen-bond donors (Lipinski definition) is 1. The Balaban J connectivity index is 1.78. The largest absolute Gasteiger partial charge is 0.347 e. The van der Waals surface area contributed by atoms with Crippen LogP contribution in [0, 0.1) is 0 Å². The smallest absolute Gasteiger partial charge is 0.268 e. The molecule has 0 aromatic heterocycles. The van der Waals surface area contributed by atoms with Crippen molar-refractivity contribution in [2.75, 3.05) is 0 Å². The van der Waals surface area contributed by atoms with Gasteiger partial charge in [0.1, 0.15) is 5.70 Å². The van der Waals surface area contributed by atoms with E-state index < -0.39 is 0 Å². The zero-order chi connectivity index (χ0) is 17.6. The van der Waals surface area contributed by atoms with Gasteiger partial charge in [-0.05, 0) is 42.2 Å². The molecule has 1 aliphatic rings. The van der Waals surface area contributed by atoms with Gasteiger partial charge in [-0.25, -0.2) is 0 Å². The van der Waals surface area contributed by atoms with Gasteiger partial charge in [0.25, 0.3) is 5.91 Å². The maximum Gasteiger partial charge on any atom is 0.268 e. The molecule has 0 radical (unpaired) electrons. The minimum Gasteiger partial charge on any atom is -0.347 e. The highest BCUT2D eigenvalue weighted by molar-refractivity contribution is 9.10. The lowest BCUT2D eigenvalue weighted by Crippen LogP contribution is -2.35. The van der Waals surface area contributed by atoms with Gasteiger partial charge in [0.15, 0.2) is 0 Å². The number of rotatable bonds is 7. The third-order valence-corrected chi connectivity index (χ3v) is 4.56. The first-order valence-corrected chi connectivity index (χ1v) is 8.99. The van der Waals surface area contributed by atoms with Gasteiger partial charge in [-0.1, -0.05) is 58.4 Å². The van der Waals surface area contributed by atoms with Crippen LogP contribution in [0.4, 0.5) is 0 Å². The number of nitrogens with zero attached hydrogens (tertiary/aromatic N) is 1. The molecular formula is C20H19BrN2O2. The summed E-state index contributed by atoms with van der Waals surface area (Å²) in [6.45, 7) is 0.412. The Kier molecular flexibility index (Phi) is 5.66. The molecule has 0 unspecified atom stereocenters. The highest BCUT2D eigenvalue weighted by Crippen LogP contribution is 2.29. The van der Waals surface area contributed by atoms with E-state index in [0.29, 0.717) is 12.2 Å². The van der Waals surface area contributed by atoms with Crippen LogP contribution in [0.3, 0.4) is 0 Å². The molecule has 0 bridgehead atoms. The first-order chi connectivity index (χ1) is 12.2. The van der Waals surface area contributed by atoms with Crippen LogP contribution in [0.1, 0.15) is 24.0 Å². The molecule has 0 aliphatic heterocycles. The molecule has 25 heavy (non-hydrogen) atoms. The number of hydrogen-bond acceptors (Lipinski definition) is 2. The van der Waals surface area contributed by atoms with E-state index in [-0.39, 0.29) is 11.9 Å². The van der Waals surface area contributed by atoms with Crippen molar-refractivity contribution in [3.05, 3.63) is 75.9 Å². The predicted molar refractivity (Wildman–Crippen MR) is 101 cm³/mol. The molecule has 1 fully saturated rings. The second-order valence-corrected chi connectivity index (χ2v) is 6.91. The average Bonchev–Trinajstić information content (AvgIpc) is 3.47. The molecule has 0 spiro atoms. The topological polar surface area (TPSA) is 49.4 Å². The number of carbonyl (C=O) groups is 2. The van der Waals surface area contributed by atoms with E-state index in [0.717, 1.165) is 34.9 Å². The maximum absolute atomic E-state index is 12.7. The molecule has 1 aliphatic carbocycles. The van der Waals surface area contributed by atoms with Crippen LogP contribution in [-0.2, 0) is 16.1 Å². The number of halogens is 1. The Bertz CT molecular complexity index is 768. The van der Waals surface area contributed by atoms with E-state index in [1.807, 2.05) is 54.6 Å². The summed E-state index contributed by atoms with van der Waals surface area (Å²) in [5.74, 6) is -0.245. The van der Waals surface area contributed by atoms with Crippen molar-refractivity contribution in [1.29, 1.82) is 0 Å². The van der Waals surface area contributed by atoms with E-state index in [4.69, 9.17) is 0 Å². The summed E-state index contributed by atoms with van der Waals surface area (Å²) in [5, 5.41) is 2.91. The molecule has 4 nitrogen and oxygen atoms in total. The van der Waals surface area contributed by atoms with Gasteiger partial charge in [-0.15, -0.1) is 0 Å². The first-order valence-electron chi connectivity index (χ1n) is 8.20. The SMILES string of the molecule is O=CN(/C(=C\c1ccccc1)C(=O)NCc1ccc(Br)cc1)C1CC1. The molecule has 1 saturated carbocycles. The fourth-order valence-corrected chi connectivity index (χ4v) is 2.80. The van der Waals surface area contributed by atoms with E-state index in [1.165, 1.54) is 0 Å². The molecular weight excluding hydrogens is 380 g/mol. The normalized spacial score (nSPS) is 14.0. The van der Waals surface area contributed by atoms with Crippen LogP contribution in [0.5, 0.6) is 0 Å². The van der Waals surface area contributed by atoms with Crippen LogP contribution in [0.2, 0.25) is 0 Å². The summed E-state index contributed by atoms with van der Waals surface area (Å²) in [6.07, 6.45) is 4.39. The Morgan fingerprint density at radius 2 is 1.80 bits per heavy atom. The molecule has 0 heterocycles. The molecule has 128 valence electrons. The first kappa shape index (κ1) is 17.4. The highest BCUT2D eigenvalue weighted by Gasteiger charge is 2.32. The minimum atomic E-state index is -0.245. The van der Waals surface area contributed by atoms with E-state index in [2.05, 4.69) is 21.2 Å². The summed E-state index contributed by atoms with van der Waals surface area (Å²) in [6, 6.07) is 17.5. The second kappa shape index (κ2) is 8.12. The summed E-state index contributed by atoms with van der Waals surface area (Å²) < 4.78 is 0.994. The van der Waals surface area contributed by atoms with Crippen molar-refractivity contribution in [1.82, 2.24) is 10.2 Å². The maximum atomic E-state index is 12.7. The molecule has 3 rings (SSSR count). The molecule has 5 heteroatoms. The Labute approximate surface area is 155 Å². The predicted octanol–water partition coefficient (Wildman–Crippen LogP) is 3.73. The molecule has 0 saturated heterocycles. The zero-order valence-electron chi connectivity index (χ0n) is 13.7. The number of amides is 2. The van der Waals surface area contributed by atoms with Crippen molar-refractivity contribution in [2.45, 2.75) is 25.4 Å². The van der Waals surface area contributed by atoms with Crippen molar-refractivity contribution in [3.63, 3.8) is 0 Å². The Morgan fingerprint density at radius 3 is 2.40 bits per heavy atom. The molecule has 2 aromatic rings. The lowest BCUT2D eigenvalue weighted by Gasteiger charge is -2.20. The third-order valence-electron chi connectivity index (χ3n) is 4.03. The van der Waals surface area contributed by atoms with Crippen molar-refractivity contribution in [3.8, 4) is 0 Å². The van der Waals surface area contributed by atoms with E-state index in [1.54, 1.807) is 11.0 Å². The number of benzene rings is 2. The van der Waals surface area contributed by atoms with Crippen molar-refractivity contribution < 1.29 is 9.59 Å². The van der Waals surface area contributed by atoms with Crippen LogP contribution in [0.15, 0.2) is 64.8 Å². The van der Waals surface area contributed by atoms with Gasteiger partial charge in [0.05, 0.1) is 0 Å². The second-order valence-electron chi connectivity index (χ2n) is 5.99. The quantitative estimate of drug-likeness (QED) is 0.570. The van der Waals surface area contributed by atoms with Crippen LogP contribution in [0.25, 0.3) is 6.08 Å². The van der Waals surface area contributed by atoms with Gasteiger partial charge < -0.3 is 10.2 Å². The summed E-state index contributed by atoms with van der Waals surface area (Å²) >= 11 is 3.40. The van der Waals surface area contributed by atoms with Crippen LogP contribution in [-0.4, -0.2) is 23.3 Å². The minimum absolute atomic E-state index is 0.130. The highest BCUT2D eigenvalue weighted by atomic mass is 79.9. The summed E-state index contributed by atoms with van der Waals surface area (Å²) in [7, 11) is 0. The lowest BCUT2D eigenvalue weighted by atomic mass is 10.1. The molecule has 1 N–H and O–H groups in total. The molecule has 2 amide bonds. The van der Waals surface area contributed by atoms with Gasteiger partial charge in [-0.3, -0.25) is 9.59 Å². The monoisotopic (exact) mass is 398 g/mol. The van der Waals surface area contributed by atoms with Crippen molar-refractivity contribution in [2.24, 2.45) is 0 Å². The number of carbonyl (C=O) groups excluding carboxylic acids is 2. The van der Waals surface area contributed by atoms with Crippen LogP contribution < -0.4 is 5.32 Å². The molecule has 0 atom stereocenters. The fourth-order valence-electron chi connectivity index (χ4n) is 2.53. The van der Waals surface area contributed by atoms with Crippen LogP contribution >= 0.6 is 15.9 Å².